The zero-order valence-electron chi connectivity index (χ0n) is 16.1. The molecule has 4 aromatic rings. The average Bonchev–Trinajstić information content (AvgIpc) is 2.78. The van der Waals surface area contributed by atoms with E-state index in [1.54, 1.807) is 37.3 Å². The monoisotopic (exact) mass is 402 g/mol. The summed E-state index contributed by atoms with van der Waals surface area (Å²) < 4.78 is 5.48. The number of aromatic nitrogens is 3. The Hall–Kier alpha value is -4.20. The lowest BCUT2D eigenvalue weighted by Crippen LogP contribution is -2.23. The number of carbonyl (C=O) groups excluding carboxylic acids is 1. The summed E-state index contributed by atoms with van der Waals surface area (Å²) in [4.78, 5) is 31.9. The van der Waals surface area contributed by atoms with Gasteiger partial charge in [0.05, 0.1) is 17.6 Å². The molecule has 0 fully saturated rings. The lowest BCUT2D eigenvalue weighted by molar-refractivity contribution is 0.0526. The smallest absolute Gasteiger partial charge is 0.384 e. The second-order valence-corrected chi connectivity index (χ2v) is 6.44. The van der Waals surface area contributed by atoms with Crippen LogP contribution in [0.3, 0.4) is 0 Å². The Morgan fingerprint density at radius 2 is 1.87 bits per heavy atom. The van der Waals surface area contributed by atoms with Crippen LogP contribution >= 0.6 is 0 Å². The quantitative estimate of drug-likeness (QED) is 0.388. The number of carbonyl (C=O) groups is 1. The minimum absolute atomic E-state index is 0.110. The molecule has 0 aliphatic heterocycles. The molecule has 150 valence electrons. The van der Waals surface area contributed by atoms with Crippen LogP contribution < -0.4 is 11.0 Å². The first-order valence-corrected chi connectivity index (χ1v) is 9.28. The van der Waals surface area contributed by atoms with E-state index >= 15 is 0 Å². The molecule has 0 saturated heterocycles. The van der Waals surface area contributed by atoms with Crippen LogP contribution in [-0.4, -0.2) is 32.5 Å². The Kier molecular flexibility index (Phi) is 5.13. The van der Waals surface area contributed by atoms with Crippen LogP contribution in [0.2, 0.25) is 0 Å². The zero-order chi connectivity index (χ0) is 21.1. The number of ether oxygens (including phenoxy) is 1. The predicted octanol–water partition coefficient (Wildman–Crippen LogP) is 3.62. The Morgan fingerprint density at radius 1 is 1.10 bits per heavy atom. The molecule has 0 saturated carbocycles. The van der Waals surface area contributed by atoms with E-state index < -0.39 is 5.69 Å². The molecule has 2 aromatic heterocycles. The molecular weight excluding hydrogens is 384 g/mol. The lowest BCUT2D eigenvalue weighted by atomic mass is 10.0. The standard InChI is InChI=1S/C22H18N4O4/c1-2-30-21(27)16-8-3-6-14(12-16)15-7-4-9-17(13-15)24-19-18-10-5-11-23-20(18)26(29)22(28)25-19/h3-13,29H,2H2,1H3,(H,24,25,28). The van der Waals surface area contributed by atoms with Gasteiger partial charge in [-0.05, 0) is 54.4 Å². The lowest BCUT2D eigenvalue weighted by Gasteiger charge is -2.11. The summed E-state index contributed by atoms with van der Waals surface area (Å²) in [5.74, 6) is -0.0906. The fourth-order valence-electron chi connectivity index (χ4n) is 3.09. The van der Waals surface area contributed by atoms with Crippen LogP contribution in [-0.2, 0) is 4.74 Å². The summed E-state index contributed by atoms with van der Waals surface area (Å²) >= 11 is 0. The maximum atomic E-state index is 12.0. The van der Waals surface area contributed by atoms with E-state index in [0.717, 1.165) is 11.1 Å². The van der Waals surface area contributed by atoms with Crippen LogP contribution in [0.1, 0.15) is 17.3 Å². The third-order valence-corrected chi connectivity index (χ3v) is 4.46. The minimum Gasteiger partial charge on any atom is -0.462 e. The first-order chi connectivity index (χ1) is 14.6. The van der Waals surface area contributed by atoms with Gasteiger partial charge in [-0.25, -0.2) is 14.6 Å². The van der Waals surface area contributed by atoms with E-state index in [2.05, 4.69) is 15.3 Å². The summed E-state index contributed by atoms with van der Waals surface area (Å²) in [6.45, 7) is 2.07. The molecule has 4 rings (SSSR count). The van der Waals surface area contributed by atoms with Gasteiger partial charge in [-0.3, -0.25) is 0 Å². The number of hydrogen-bond acceptors (Lipinski definition) is 7. The van der Waals surface area contributed by atoms with Gasteiger partial charge in [0, 0.05) is 11.9 Å². The summed E-state index contributed by atoms with van der Waals surface area (Å²) in [5, 5.41) is 13.5. The largest absolute Gasteiger partial charge is 0.462 e. The summed E-state index contributed by atoms with van der Waals surface area (Å²) in [6.07, 6.45) is 1.48. The van der Waals surface area contributed by atoms with Crippen molar-refractivity contribution in [1.82, 2.24) is 14.7 Å². The van der Waals surface area contributed by atoms with E-state index in [1.807, 2.05) is 30.3 Å². The van der Waals surface area contributed by atoms with Crippen molar-refractivity contribution in [2.75, 3.05) is 11.9 Å². The first-order valence-electron chi connectivity index (χ1n) is 9.28. The molecule has 0 bridgehead atoms. The van der Waals surface area contributed by atoms with Crippen molar-refractivity contribution in [3.8, 4) is 11.1 Å². The third kappa shape index (κ3) is 3.70. The Labute approximate surface area is 171 Å². The van der Waals surface area contributed by atoms with Crippen LogP contribution in [0, 0.1) is 0 Å². The number of esters is 1. The van der Waals surface area contributed by atoms with Crippen molar-refractivity contribution in [3.05, 3.63) is 82.9 Å². The van der Waals surface area contributed by atoms with E-state index in [-0.39, 0.29) is 17.4 Å². The number of nitrogens with one attached hydrogen (secondary N) is 1. The highest BCUT2D eigenvalue weighted by Gasteiger charge is 2.12. The molecule has 2 N–H and O–H groups in total. The van der Waals surface area contributed by atoms with Crippen molar-refractivity contribution in [3.63, 3.8) is 0 Å². The van der Waals surface area contributed by atoms with Gasteiger partial charge in [0.1, 0.15) is 5.82 Å². The molecule has 0 spiro atoms. The number of anilines is 2. The normalized spacial score (nSPS) is 10.7. The minimum atomic E-state index is -0.831. The number of rotatable bonds is 5. The van der Waals surface area contributed by atoms with Gasteiger partial charge in [0.15, 0.2) is 5.65 Å². The molecule has 0 aliphatic rings. The molecule has 0 amide bonds. The van der Waals surface area contributed by atoms with Crippen LogP contribution in [0.4, 0.5) is 11.5 Å². The number of fused-ring (bicyclic) bond motifs is 1. The molecule has 0 unspecified atom stereocenters. The molecular formula is C22H18N4O4. The van der Waals surface area contributed by atoms with Crippen molar-refractivity contribution < 1.29 is 14.7 Å². The maximum Gasteiger partial charge on any atom is 0.384 e. The fraction of sp³-hybridized carbons (Fsp3) is 0.0909. The van der Waals surface area contributed by atoms with Gasteiger partial charge < -0.3 is 15.3 Å². The molecule has 0 radical (unpaired) electrons. The Morgan fingerprint density at radius 3 is 2.67 bits per heavy atom. The molecule has 2 aromatic carbocycles. The molecule has 0 atom stereocenters. The number of hydrogen-bond donors (Lipinski definition) is 2. The van der Waals surface area contributed by atoms with Crippen LogP contribution in [0.25, 0.3) is 22.2 Å². The van der Waals surface area contributed by atoms with Gasteiger partial charge in [0.2, 0.25) is 0 Å². The Bertz CT molecular complexity index is 1300. The SMILES string of the molecule is CCOC(=O)c1cccc(-c2cccc(Nc3nc(=O)n(O)c4ncccc34)c2)c1. The second kappa shape index (κ2) is 8.04. The zero-order valence-corrected chi connectivity index (χ0v) is 16.1. The molecule has 2 heterocycles. The summed E-state index contributed by atoms with van der Waals surface area (Å²) in [7, 11) is 0. The summed E-state index contributed by atoms with van der Waals surface area (Å²) in [5.41, 5.74) is 2.14. The maximum absolute atomic E-state index is 12.0. The van der Waals surface area contributed by atoms with Crippen molar-refractivity contribution in [1.29, 1.82) is 0 Å². The highest BCUT2D eigenvalue weighted by Crippen LogP contribution is 2.27. The van der Waals surface area contributed by atoms with E-state index in [1.165, 1.54) is 6.20 Å². The molecule has 8 heteroatoms. The molecule has 30 heavy (non-hydrogen) atoms. The highest BCUT2D eigenvalue weighted by molar-refractivity contribution is 5.91. The van der Waals surface area contributed by atoms with E-state index in [4.69, 9.17) is 4.74 Å². The van der Waals surface area contributed by atoms with Crippen LogP contribution in [0.15, 0.2) is 71.7 Å². The third-order valence-electron chi connectivity index (χ3n) is 4.46. The van der Waals surface area contributed by atoms with Gasteiger partial charge >= 0.3 is 11.7 Å². The van der Waals surface area contributed by atoms with Crippen molar-refractivity contribution >= 4 is 28.5 Å². The van der Waals surface area contributed by atoms with Gasteiger partial charge in [-0.2, -0.15) is 4.98 Å². The number of benzene rings is 2. The van der Waals surface area contributed by atoms with Gasteiger partial charge in [0.25, 0.3) is 0 Å². The van der Waals surface area contributed by atoms with Crippen molar-refractivity contribution in [2.24, 2.45) is 0 Å². The predicted molar refractivity (Wildman–Crippen MR) is 112 cm³/mol. The van der Waals surface area contributed by atoms with Crippen LogP contribution in [0.5, 0.6) is 0 Å². The fourth-order valence-corrected chi connectivity index (χ4v) is 3.09. The van der Waals surface area contributed by atoms with E-state index in [9.17, 15) is 14.8 Å². The average molecular weight is 402 g/mol. The highest BCUT2D eigenvalue weighted by atomic mass is 16.5. The molecule has 8 nitrogen and oxygen atoms in total. The van der Waals surface area contributed by atoms with E-state index in [0.29, 0.717) is 28.0 Å². The molecule has 0 aliphatic carbocycles. The first kappa shape index (κ1) is 19.1. The summed E-state index contributed by atoms with van der Waals surface area (Å²) in [6, 6.07) is 18.0. The number of pyridine rings is 1. The van der Waals surface area contributed by atoms with Gasteiger partial charge in [-0.1, -0.05) is 24.3 Å². The topological polar surface area (TPSA) is 106 Å². The number of nitrogens with zero attached hydrogens (tertiary/aromatic N) is 3. The van der Waals surface area contributed by atoms with Gasteiger partial charge in [-0.15, -0.1) is 4.73 Å². The second-order valence-electron chi connectivity index (χ2n) is 6.44. The Balaban J connectivity index is 1.70. The van der Waals surface area contributed by atoms with Crippen molar-refractivity contribution in [2.45, 2.75) is 6.92 Å².